The van der Waals surface area contributed by atoms with Gasteiger partial charge in [-0.05, 0) is 13.5 Å². The molecule has 1 saturated carbocycles. The lowest BCUT2D eigenvalue weighted by molar-refractivity contribution is -0.437. The molecule has 1 spiro atoms. The zero-order valence-electron chi connectivity index (χ0n) is 19.6. The topological polar surface area (TPSA) is 272 Å². The third kappa shape index (κ3) is 4.68. The molecule has 4 rings (SSSR count). The van der Waals surface area contributed by atoms with E-state index in [0.29, 0.717) is 0 Å². The lowest BCUT2D eigenvalue weighted by atomic mass is 9.84. The van der Waals surface area contributed by atoms with E-state index in [9.17, 15) is 40.9 Å². The maximum absolute atomic E-state index is 11.0. The highest BCUT2D eigenvalue weighted by Gasteiger charge is 2.67. The van der Waals surface area contributed by atoms with Gasteiger partial charge in [-0.15, -0.1) is 0 Å². The van der Waals surface area contributed by atoms with Gasteiger partial charge in [0, 0.05) is 12.1 Å². The molecule has 1 aliphatic carbocycles. The Hall–Kier alpha value is -0.640. The molecule has 4 fully saturated rings. The van der Waals surface area contributed by atoms with E-state index >= 15 is 0 Å². The van der Waals surface area contributed by atoms with Gasteiger partial charge in [0.2, 0.25) is 0 Å². The van der Waals surface area contributed by atoms with Gasteiger partial charge in [0.15, 0.2) is 12.4 Å². The fourth-order valence-corrected chi connectivity index (χ4v) is 5.25. The van der Waals surface area contributed by atoms with E-state index in [1.807, 2.05) is 0 Å². The Kier molecular flexibility index (Phi) is 8.55. The van der Waals surface area contributed by atoms with Crippen molar-refractivity contribution in [2.75, 3.05) is 20.3 Å². The van der Waals surface area contributed by atoms with Gasteiger partial charge in [0.1, 0.15) is 48.8 Å². The second-order valence-electron chi connectivity index (χ2n) is 9.72. The van der Waals surface area contributed by atoms with Crippen LogP contribution in [-0.2, 0) is 23.7 Å². The van der Waals surface area contributed by atoms with Crippen molar-refractivity contribution in [2.24, 2.45) is 11.5 Å². The molecule has 0 radical (unpaired) electrons. The standard InChI is InChI=1S/C20H37N3O13/c1-23-7-2-5(21)9(26)16(10(7)27)33-19-13(30)17-15(8(4-25)32-19)35-20(36-17)18(31)12(29)11(28)14(34-20)6(22)3-24/h5-19,23-31H,2-4,21-22H2,1H3/t5?,6?,7?,8?,9-,10?,11?,12?,13+,14?,15?,16+,17+,18?,19-,20?/m0/s1. The summed E-state index contributed by atoms with van der Waals surface area (Å²) in [5.41, 5.74) is 11.7. The van der Waals surface area contributed by atoms with Crippen LogP contribution in [0, 0.1) is 0 Å². The minimum atomic E-state index is -2.44. The largest absolute Gasteiger partial charge is 0.395 e. The molecule has 0 aromatic carbocycles. The van der Waals surface area contributed by atoms with Crippen molar-refractivity contribution in [2.45, 2.75) is 104 Å². The molecule has 16 nitrogen and oxygen atoms in total. The second kappa shape index (κ2) is 10.9. The highest BCUT2D eigenvalue weighted by molar-refractivity contribution is 5.05. The molecule has 36 heavy (non-hydrogen) atoms. The summed E-state index contributed by atoms with van der Waals surface area (Å²) in [7, 11) is 1.60. The van der Waals surface area contributed by atoms with Crippen molar-refractivity contribution in [3.8, 4) is 0 Å². The maximum atomic E-state index is 11.0. The van der Waals surface area contributed by atoms with Crippen LogP contribution in [-0.4, -0.2) is 159 Å². The molecular weight excluding hydrogens is 490 g/mol. The van der Waals surface area contributed by atoms with Crippen LogP contribution < -0.4 is 16.8 Å². The van der Waals surface area contributed by atoms with E-state index in [0.717, 1.165) is 0 Å². The van der Waals surface area contributed by atoms with E-state index in [-0.39, 0.29) is 6.42 Å². The molecule has 0 aromatic heterocycles. The lowest BCUT2D eigenvalue weighted by Crippen LogP contribution is -2.68. The highest BCUT2D eigenvalue weighted by atomic mass is 16.9. The Balaban J connectivity index is 1.56. The van der Waals surface area contributed by atoms with Crippen LogP contribution in [0.25, 0.3) is 0 Å². The highest BCUT2D eigenvalue weighted by Crippen LogP contribution is 2.45. The molecule has 0 aromatic rings. The molecule has 16 heteroatoms. The minimum Gasteiger partial charge on any atom is -0.395 e. The SMILES string of the molecule is CNC1CC(N)[C@H](O)[C@@H](O[C@@H]2OC(CO)C3OC4(OC(C(N)CO)C(O)C(O)C4O)O[C@@H]3[C@H]2O)C1O. The van der Waals surface area contributed by atoms with Crippen LogP contribution in [0.15, 0.2) is 0 Å². The molecule has 3 heterocycles. The summed E-state index contributed by atoms with van der Waals surface area (Å²) in [5.74, 6) is -2.44. The Morgan fingerprint density at radius 2 is 1.61 bits per heavy atom. The fraction of sp³-hybridized carbons (Fsp3) is 1.00. The number of likely N-dealkylation sites (N-methyl/N-ethyl adjacent to an activating group) is 1. The van der Waals surface area contributed by atoms with E-state index < -0.39 is 111 Å². The zero-order chi connectivity index (χ0) is 26.5. The number of aliphatic hydroxyl groups excluding tert-OH is 8. The summed E-state index contributed by atoms with van der Waals surface area (Å²) in [5, 5.41) is 85.7. The first kappa shape index (κ1) is 28.4. The predicted octanol–water partition coefficient (Wildman–Crippen LogP) is -7.27. The molecule has 3 saturated heterocycles. The van der Waals surface area contributed by atoms with Crippen LogP contribution in [0.3, 0.4) is 0 Å². The predicted molar refractivity (Wildman–Crippen MR) is 115 cm³/mol. The lowest BCUT2D eigenvalue weighted by Gasteiger charge is -2.46. The van der Waals surface area contributed by atoms with E-state index in [1.54, 1.807) is 7.05 Å². The van der Waals surface area contributed by atoms with Crippen molar-refractivity contribution in [3.63, 3.8) is 0 Å². The summed E-state index contributed by atoms with van der Waals surface area (Å²) in [6, 6.07) is -2.46. The average molecular weight is 528 g/mol. The Bertz CT molecular complexity index is 756. The Morgan fingerprint density at radius 3 is 2.22 bits per heavy atom. The summed E-state index contributed by atoms with van der Waals surface area (Å²) in [6.45, 7) is -1.31. The summed E-state index contributed by atoms with van der Waals surface area (Å²) in [6.07, 6.45) is -17.6. The number of nitrogens with one attached hydrogen (secondary N) is 1. The molecular formula is C20H37N3O13. The van der Waals surface area contributed by atoms with E-state index in [4.69, 9.17) is 35.2 Å². The molecule has 0 bridgehead atoms. The van der Waals surface area contributed by atoms with Crippen LogP contribution >= 0.6 is 0 Å². The van der Waals surface area contributed by atoms with Gasteiger partial charge < -0.3 is 81.3 Å². The molecule has 210 valence electrons. The normalized spacial score (nSPS) is 54.4. The number of rotatable bonds is 6. The fourth-order valence-electron chi connectivity index (χ4n) is 5.25. The van der Waals surface area contributed by atoms with Crippen molar-refractivity contribution in [3.05, 3.63) is 0 Å². The first-order chi connectivity index (χ1) is 17.0. The summed E-state index contributed by atoms with van der Waals surface area (Å²) in [4.78, 5) is 0. The van der Waals surface area contributed by atoms with Gasteiger partial charge in [-0.3, -0.25) is 0 Å². The van der Waals surface area contributed by atoms with Crippen LogP contribution in [0.1, 0.15) is 6.42 Å². The summed E-state index contributed by atoms with van der Waals surface area (Å²) >= 11 is 0. The van der Waals surface area contributed by atoms with Gasteiger partial charge in [-0.2, -0.15) is 0 Å². The molecule has 16 atom stereocenters. The Morgan fingerprint density at radius 1 is 0.944 bits per heavy atom. The number of hydrogen-bond donors (Lipinski definition) is 11. The quantitative estimate of drug-likeness (QED) is 0.153. The molecule has 11 unspecified atom stereocenters. The maximum Gasteiger partial charge on any atom is 0.314 e. The Labute approximate surface area is 206 Å². The smallest absolute Gasteiger partial charge is 0.314 e. The monoisotopic (exact) mass is 527 g/mol. The van der Waals surface area contributed by atoms with Crippen LogP contribution in [0.4, 0.5) is 0 Å². The van der Waals surface area contributed by atoms with Gasteiger partial charge in [0.05, 0.1) is 31.5 Å². The number of hydrogen-bond acceptors (Lipinski definition) is 16. The molecule has 13 N–H and O–H groups in total. The number of ether oxygens (including phenoxy) is 5. The number of nitrogens with two attached hydrogens (primary N) is 2. The van der Waals surface area contributed by atoms with Gasteiger partial charge >= 0.3 is 5.97 Å². The molecule has 3 aliphatic heterocycles. The average Bonchev–Trinajstić information content (AvgIpc) is 3.26. The second-order valence-corrected chi connectivity index (χ2v) is 9.72. The first-order valence-electron chi connectivity index (χ1n) is 11.8. The first-order valence-corrected chi connectivity index (χ1v) is 11.8. The molecule has 0 amide bonds. The van der Waals surface area contributed by atoms with E-state index in [1.165, 1.54) is 0 Å². The van der Waals surface area contributed by atoms with E-state index in [2.05, 4.69) is 5.32 Å². The number of fused-ring (bicyclic) bond motifs is 1. The van der Waals surface area contributed by atoms with Crippen molar-refractivity contribution in [1.29, 1.82) is 0 Å². The number of aliphatic hydroxyl groups is 8. The van der Waals surface area contributed by atoms with Gasteiger partial charge in [-0.1, -0.05) is 0 Å². The van der Waals surface area contributed by atoms with Crippen molar-refractivity contribution < 1.29 is 64.5 Å². The zero-order valence-corrected chi connectivity index (χ0v) is 19.6. The van der Waals surface area contributed by atoms with Crippen LogP contribution in [0.5, 0.6) is 0 Å². The van der Waals surface area contributed by atoms with Gasteiger partial charge in [-0.25, -0.2) is 0 Å². The van der Waals surface area contributed by atoms with Crippen LogP contribution in [0.2, 0.25) is 0 Å². The van der Waals surface area contributed by atoms with Gasteiger partial charge in [0.25, 0.3) is 0 Å². The minimum absolute atomic E-state index is 0.261. The summed E-state index contributed by atoms with van der Waals surface area (Å²) < 4.78 is 28.5. The third-order valence-electron chi connectivity index (χ3n) is 7.41. The molecule has 4 aliphatic rings. The van der Waals surface area contributed by atoms with Crippen molar-refractivity contribution >= 4 is 0 Å². The third-order valence-corrected chi connectivity index (χ3v) is 7.41. The van der Waals surface area contributed by atoms with Crippen molar-refractivity contribution in [1.82, 2.24) is 5.32 Å².